The fraction of sp³-hybridized carbons (Fsp3) is 0.333. The molecule has 0 aromatic heterocycles. The monoisotopic (exact) mass is 221 g/mol. The highest BCUT2D eigenvalue weighted by atomic mass is 16.5. The lowest BCUT2D eigenvalue weighted by molar-refractivity contribution is -0.530. The van der Waals surface area contributed by atoms with Crippen LogP contribution in [0.2, 0.25) is 0 Å². The van der Waals surface area contributed by atoms with E-state index in [1.807, 2.05) is 0 Å². The number of aromatic carboxylic acids is 1. The Labute approximate surface area is 94.4 Å². The average Bonchev–Trinajstić information content (AvgIpc) is 2.16. The van der Waals surface area contributed by atoms with Gasteiger partial charge >= 0.3 is 5.97 Å². The average molecular weight is 221 g/mol. The lowest BCUT2D eigenvalue weighted by Crippen LogP contribution is -2.29. The van der Waals surface area contributed by atoms with Crippen LogP contribution in [0.4, 0.5) is 0 Å². The van der Waals surface area contributed by atoms with Gasteiger partial charge in [0.15, 0.2) is 11.8 Å². The van der Waals surface area contributed by atoms with E-state index in [2.05, 4.69) is 0 Å². The molecule has 0 fully saturated rings. The predicted octanol–water partition coefficient (Wildman–Crippen LogP) is 2.11. The summed E-state index contributed by atoms with van der Waals surface area (Å²) in [6, 6.07) is 6.28. The van der Waals surface area contributed by atoms with Crippen LogP contribution < -0.4 is 0 Å². The summed E-state index contributed by atoms with van der Waals surface area (Å²) in [6.45, 7) is 5.37. The van der Waals surface area contributed by atoms with Gasteiger partial charge in [-0.2, -0.15) is 0 Å². The van der Waals surface area contributed by atoms with Crippen LogP contribution in [0.25, 0.3) is 0 Å². The van der Waals surface area contributed by atoms with Crippen LogP contribution in [0.3, 0.4) is 0 Å². The molecule has 4 heteroatoms. The molecule has 0 aliphatic heterocycles. The second-order valence-corrected chi connectivity index (χ2v) is 4.56. The molecule has 4 nitrogen and oxygen atoms in total. The van der Waals surface area contributed by atoms with Crippen molar-refractivity contribution in [3.8, 4) is 0 Å². The van der Waals surface area contributed by atoms with E-state index < -0.39 is 11.5 Å². The molecule has 0 saturated carbocycles. The molecule has 0 bridgehead atoms. The number of benzene rings is 1. The van der Waals surface area contributed by atoms with Crippen molar-refractivity contribution >= 4 is 12.2 Å². The van der Waals surface area contributed by atoms with Crippen LogP contribution in [0.5, 0.6) is 0 Å². The predicted molar refractivity (Wildman–Crippen MR) is 61.9 cm³/mol. The number of carboxylic acids is 1. The van der Waals surface area contributed by atoms with Gasteiger partial charge in [-0.3, -0.25) is 0 Å². The first-order valence-electron chi connectivity index (χ1n) is 4.95. The summed E-state index contributed by atoms with van der Waals surface area (Å²) in [6.07, 6.45) is 1.40. The minimum atomic E-state index is -0.997. The van der Waals surface area contributed by atoms with Gasteiger partial charge in [0.1, 0.15) is 0 Å². The van der Waals surface area contributed by atoms with Gasteiger partial charge < -0.3 is 10.3 Å². The Hall–Kier alpha value is -1.84. The van der Waals surface area contributed by atoms with E-state index in [0.717, 1.165) is 4.74 Å². The summed E-state index contributed by atoms with van der Waals surface area (Å²) in [5.74, 6) is -0.997. The van der Waals surface area contributed by atoms with Crippen molar-refractivity contribution in [1.82, 2.24) is 0 Å². The lowest BCUT2D eigenvalue weighted by atomic mass is 10.1. The normalized spacial score (nSPS) is 12.6. The molecule has 0 amide bonds. The molecule has 0 aliphatic carbocycles. The molecule has 0 spiro atoms. The fourth-order valence-electron chi connectivity index (χ4n) is 1.08. The van der Waals surface area contributed by atoms with Gasteiger partial charge in [0.05, 0.1) is 5.56 Å². The van der Waals surface area contributed by atoms with Gasteiger partial charge in [-0.1, -0.05) is 6.07 Å². The summed E-state index contributed by atoms with van der Waals surface area (Å²) in [4.78, 5) is 10.7. The minimum absolute atomic E-state index is 0.177. The van der Waals surface area contributed by atoms with E-state index in [4.69, 9.17) is 5.11 Å². The van der Waals surface area contributed by atoms with Gasteiger partial charge in [-0.25, -0.2) is 9.53 Å². The zero-order valence-corrected chi connectivity index (χ0v) is 9.60. The first kappa shape index (κ1) is 12.2. The van der Waals surface area contributed by atoms with Crippen LogP contribution >= 0.6 is 0 Å². The van der Waals surface area contributed by atoms with E-state index in [1.165, 1.54) is 18.3 Å². The third kappa shape index (κ3) is 3.08. The van der Waals surface area contributed by atoms with Crippen molar-refractivity contribution in [3.05, 3.63) is 40.6 Å². The number of hydrogen-bond acceptors (Lipinski definition) is 2. The van der Waals surface area contributed by atoms with Crippen LogP contribution in [0, 0.1) is 5.21 Å². The number of nitrogens with zero attached hydrogens (tertiary/aromatic N) is 1. The summed E-state index contributed by atoms with van der Waals surface area (Å²) in [7, 11) is 0. The highest BCUT2D eigenvalue weighted by Gasteiger charge is 2.18. The van der Waals surface area contributed by atoms with Gasteiger partial charge in [0, 0.05) is 26.3 Å². The smallest absolute Gasteiger partial charge is 0.335 e. The van der Waals surface area contributed by atoms with Gasteiger partial charge in [0.25, 0.3) is 0 Å². The molecule has 16 heavy (non-hydrogen) atoms. The maximum atomic E-state index is 11.6. The quantitative estimate of drug-likeness (QED) is 0.360. The molecule has 1 aromatic rings. The number of hydroxylamine groups is 1. The molecule has 1 aromatic carbocycles. The van der Waals surface area contributed by atoms with Crippen molar-refractivity contribution in [2.75, 3.05) is 0 Å². The zero-order chi connectivity index (χ0) is 12.3. The van der Waals surface area contributed by atoms with E-state index in [9.17, 15) is 10.0 Å². The van der Waals surface area contributed by atoms with Crippen molar-refractivity contribution in [2.24, 2.45) is 0 Å². The SMILES string of the molecule is CC(C)(C)[N+]([O-])=Cc1cccc(C(=O)O)c1. The zero-order valence-electron chi connectivity index (χ0n) is 9.60. The Balaban J connectivity index is 3.07. The van der Waals surface area contributed by atoms with Gasteiger partial charge in [-0.05, 0) is 18.2 Å². The molecule has 0 radical (unpaired) electrons. The Morgan fingerprint density at radius 2 is 2.06 bits per heavy atom. The molecule has 1 N–H and O–H groups in total. The van der Waals surface area contributed by atoms with Crippen LogP contribution in [-0.4, -0.2) is 27.6 Å². The Bertz CT molecular complexity index is 430. The maximum absolute atomic E-state index is 11.6. The van der Waals surface area contributed by atoms with Gasteiger partial charge in [0.2, 0.25) is 0 Å². The Morgan fingerprint density at radius 1 is 1.44 bits per heavy atom. The topological polar surface area (TPSA) is 63.4 Å². The van der Waals surface area contributed by atoms with E-state index in [1.54, 1.807) is 32.9 Å². The number of carboxylic acid groups (broad SMARTS) is 1. The molecule has 0 unspecified atom stereocenters. The molecule has 1 rings (SSSR count). The van der Waals surface area contributed by atoms with E-state index in [-0.39, 0.29) is 5.56 Å². The highest BCUT2D eigenvalue weighted by molar-refractivity contribution is 5.90. The Kier molecular flexibility index (Phi) is 3.32. The third-order valence-corrected chi connectivity index (χ3v) is 2.06. The number of carbonyl (C=O) groups is 1. The number of rotatable bonds is 2. The fourth-order valence-corrected chi connectivity index (χ4v) is 1.08. The van der Waals surface area contributed by atoms with E-state index in [0.29, 0.717) is 5.56 Å². The summed E-state index contributed by atoms with van der Waals surface area (Å²) in [5.41, 5.74) is 0.236. The number of hydrogen-bond donors (Lipinski definition) is 1. The third-order valence-electron chi connectivity index (χ3n) is 2.06. The second-order valence-electron chi connectivity index (χ2n) is 4.56. The summed E-state index contributed by atoms with van der Waals surface area (Å²) in [5, 5.41) is 20.4. The van der Waals surface area contributed by atoms with Crippen molar-refractivity contribution in [3.63, 3.8) is 0 Å². The summed E-state index contributed by atoms with van der Waals surface area (Å²) >= 11 is 0. The molecule has 0 aliphatic rings. The first-order chi connectivity index (χ1) is 7.30. The second kappa shape index (κ2) is 4.35. The standard InChI is InChI=1S/C12H15NO3/c1-12(2,3)13(16)8-9-5-4-6-10(7-9)11(14)15/h4-8H,1-3H3,(H,14,15). The largest absolute Gasteiger partial charge is 0.623 e. The molecular formula is C12H15NO3. The molecule has 0 heterocycles. The van der Waals surface area contributed by atoms with Crippen molar-refractivity contribution in [1.29, 1.82) is 0 Å². The minimum Gasteiger partial charge on any atom is -0.623 e. The van der Waals surface area contributed by atoms with E-state index >= 15 is 0 Å². The molecule has 86 valence electrons. The van der Waals surface area contributed by atoms with Crippen LogP contribution in [0.15, 0.2) is 24.3 Å². The first-order valence-corrected chi connectivity index (χ1v) is 4.95. The van der Waals surface area contributed by atoms with Crippen molar-refractivity contribution < 1.29 is 14.6 Å². The lowest BCUT2D eigenvalue weighted by Gasteiger charge is -2.18. The maximum Gasteiger partial charge on any atom is 0.335 e. The molecule has 0 saturated heterocycles. The molecule has 0 atom stereocenters. The Morgan fingerprint density at radius 3 is 2.56 bits per heavy atom. The highest BCUT2D eigenvalue weighted by Crippen LogP contribution is 2.08. The van der Waals surface area contributed by atoms with Crippen molar-refractivity contribution in [2.45, 2.75) is 26.3 Å². The molecular weight excluding hydrogens is 206 g/mol. The summed E-state index contributed by atoms with van der Waals surface area (Å²) < 4.78 is 0.813. The van der Waals surface area contributed by atoms with Crippen LogP contribution in [0.1, 0.15) is 36.7 Å². The van der Waals surface area contributed by atoms with Crippen LogP contribution in [-0.2, 0) is 0 Å². The van der Waals surface area contributed by atoms with Gasteiger partial charge in [-0.15, -0.1) is 0 Å².